The summed E-state index contributed by atoms with van der Waals surface area (Å²) < 4.78 is 0. The van der Waals surface area contributed by atoms with Crippen molar-refractivity contribution in [3.05, 3.63) is 70.0 Å². The van der Waals surface area contributed by atoms with E-state index in [-0.39, 0.29) is 0 Å². The van der Waals surface area contributed by atoms with Gasteiger partial charge in [-0.25, -0.2) is 4.98 Å². The molecule has 0 radical (unpaired) electrons. The van der Waals surface area contributed by atoms with Gasteiger partial charge >= 0.3 is 0 Å². The van der Waals surface area contributed by atoms with Gasteiger partial charge in [-0.1, -0.05) is 48.0 Å². The number of anilines is 1. The van der Waals surface area contributed by atoms with Gasteiger partial charge in [-0.2, -0.15) is 0 Å². The average Bonchev–Trinajstić information content (AvgIpc) is 3.17. The second-order valence-electron chi connectivity index (χ2n) is 6.52. The van der Waals surface area contributed by atoms with E-state index in [1.165, 1.54) is 10.7 Å². The van der Waals surface area contributed by atoms with E-state index in [0.717, 1.165) is 55.4 Å². The third-order valence-corrected chi connectivity index (χ3v) is 6.08. The molecule has 134 valence electrons. The summed E-state index contributed by atoms with van der Waals surface area (Å²) in [5.74, 6) is 0. The highest BCUT2D eigenvalue weighted by Crippen LogP contribution is 2.28. The zero-order chi connectivity index (χ0) is 17.8. The van der Waals surface area contributed by atoms with Gasteiger partial charge in [0.25, 0.3) is 0 Å². The molecular formula is C21H22ClN3S. The van der Waals surface area contributed by atoms with E-state index in [4.69, 9.17) is 16.6 Å². The van der Waals surface area contributed by atoms with E-state index in [1.807, 2.05) is 24.3 Å². The zero-order valence-corrected chi connectivity index (χ0v) is 16.2. The van der Waals surface area contributed by atoms with Gasteiger partial charge in [-0.05, 0) is 18.2 Å². The van der Waals surface area contributed by atoms with Crippen LogP contribution >= 0.6 is 22.9 Å². The highest BCUT2D eigenvalue weighted by Gasteiger charge is 2.17. The molecule has 0 atom stereocenters. The van der Waals surface area contributed by atoms with Gasteiger partial charge in [0, 0.05) is 60.8 Å². The SMILES string of the molecule is Clc1ccccc1-c1csc(CCN2CCN(c3ccccc3)CC2)n1. The Hall–Kier alpha value is -1.88. The van der Waals surface area contributed by atoms with Crippen LogP contribution in [0.4, 0.5) is 5.69 Å². The van der Waals surface area contributed by atoms with Crippen LogP contribution in [0, 0.1) is 0 Å². The number of piperazine rings is 1. The summed E-state index contributed by atoms with van der Waals surface area (Å²) in [4.78, 5) is 9.79. The number of hydrogen-bond acceptors (Lipinski definition) is 4. The molecular weight excluding hydrogens is 362 g/mol. The van der Waals surface area contributed by atoms with Crippen LogP contribution in [0.15, 0.2) is 60.0 Å². The van der Waals surface area contributed by atoms with Crippen molar-refractivity contribution < 1.29 is 0 Å². The molecule has 0 saturated carbocycles. The molecule has 26 heavy (non-hydrogen) atoms. The largest absolute Gasteiger partial charge is 0.369 e. The van der Waals surface area contributed by atoms with Gasteiger partial charge in [0.1, 0.15) is 0 Å². The molecule has 0 N–H and O–H groups in total. The van der Waals surface area contributed by atoms with E-state index in [1.54, 1.807) is 11.3 Å². The number of hydrogen-bond donors (Lipinski definition) is 0. The Morgan fingerprint density at radius 1 is 0.923 bits per heavy atom. The molecule has 5 heteroatoms. The van der Waals surface area contributed by atoms with Gasteiger partial charge in [0.2, 0.25) is 0 Å². The lowest BCUT2D eigenvalue weighted by Gasteiger charge is -2.36. The molecule has 1 fully saturated rings. The lowest BCUT2D eigenvalue weighted by molar-refractivity contribution is 0.261. The molecule has 4 rings (SSSR count). The molecule has 2 heterocycles. The summed E-state index contributed by atoms with van der Waals surface area (Å²) in [6.07, 6.45) is 1.00. The summed E-state index contributed by atoms with van der Waals surface area (Å²) in [7, 11) is 0. The highest BCUT2D eigenvalue weighted by atomic mass is 35.5. The number of thiazole rings is 1. The van der Waals surface area contributed by atoms with Crippen molar-refractivity contribution in [2.75, 3.05) is 37.6 Å². The number of halogens is 1. The molecule has 2 aromatic carbocycles. The standard InChI is InChI=1S/C21H22ClN3S/c22-19-9-5-4-8-18(19)20-16-26-21(23-20)10-11-24-12-14-25(15-13-24)17-6-2-1-3-7-17/h1-9,16H,10-15H2. The van der Waals surface area contributed by atoms with Gasteiger partial charge in [0.05, 0.1) is 10.7 Å². The molecule has 0 amide bonds. The van der Waals surface area contributed by atoms with Gasteiger partial charge in [-0.3, -0.25) is 4.90 Å². The number of benzene rings is 2. The second-order valence-corrected chi connectivity index (χ2v) is 7.87. The summed E-state index contributed by atoms with van der Waals surface area (Å²) >= 11 is 8.02. The van der Waals surface area contributed by atoms with Gasteiger partial charge < -0.3 is 4.90 Å². The summed E-state index contributed by atoms with van der Waals surface area (Å²) in [6, 6.07) is 18.6. The van der Waals surface area contributed by atoms with Crippen molar-refractivity contribution >= 4 is 28.6 Å². The minimum Gasteiger partial charge on any atom is -0.369 e. The van der Waals surface area contributed by atoms with Crippen molar-refractivity contribution in [1.82, 2.24) is 9.88 Å². The van der Waals surface area contributed by atoms with Crippen molar-refractivity contribution in [3.8, 4) is 11.3 Å². The van der Waals surface area contributed by atoms with Crippen LogP contribution in [0.3, 0.4) is 0 Å². The third kappa shape index (κ3) is 4.09. The summed E-state index contributed by atoms with van der Waals surface area (Å²) in [5.41, 5.74) is 3.34. The van der Waals surface area contributed by atoms with Crippen LogP contribution in [0.25, 0.3) is 11.3 Å². The van der Waals surface area contributed by atoms with E-state index in [0.29, 0.717) is 0 Å². The topological polar surface area (TPSA) is 19.4 Å². The van der Waals surface area contributed by atoms with Crippen molar-refractivity contribution in [2.24, 2.45) is 0 Å². The summed E-state index contributed by atoms with van der Waals surface area (Å²) in [5, 5.41) is 4.07. The first-order valence-corrected chi connectivity index (χ1v) is 10.3. The first-order chi connectivity index (χ1) is 12.8. The lowest BCUT2D eigenvalue weighted by Crippen LogP contribution is -2.46. The average molecular weight is 384 g/mol. The first kappa shape index (κ1) is 17.5. The van der Waals surface area contributed by atoms with E-state index >= 15 is 0 Å². The quantitative estimate of drug-likeness (QED) is 0.629. The molecule has 0 bridgehead atoms. The Balaban J connectivity index is 1.30. The second kappa shape index (κ2) is 8.21. The number of aromatic nitrogens is 1. The molecule has 0 spiro atoms. The fourth-order valence-corrected chi connectivity index (χ4v) is 4.36. The Morgan fingerprint density at radius 2 is 1.65 bits per heavy atom. The van der Waals surface area contributed by atoms with Crippen LogP contribution in [0.1, 0.15) is 5.01 Å². The Labute approximate surface area is 163 Å². The minimum atomic E-state index is 0.765. The normalized spacial score (nSPS) is 15.3. The van der Waals surface area contributed by atoms with Gasteiger partial charge in [0.15, 0.2) is 0 Å². The van der Waals surface area contributed by atoms with E-state index in [2.05, 4.69) is 45.5 Å². The maximum Gasteiger partial charge on any atom is 0.0945 e. The van der Waals surface area contributed by atoms with Crippen LogP contribution < -0.4 is 4.90 Å². The minimum absolute atomic E-state index is 0.765. The first-order valence-electron chi connectivity index (χ1n) is 9.01. The van der Waals surface area contributed by atoms with Crippen molar-refractivity contribution in [3.63, 3.8) is 0 Å². The van der Waals surface area contributed by atoms with Gasteiger partial charge in [-0.15, -0.1) is 11.3 Å². The lowest BCUT2D eigenvalue weighted by atomic mass is 10.2. The number of rotatable bonds is 5. The monoisotopic (exact) mass is 383 g/mol. The Bertz CT molecular complexity index is 841. The maximum absolute atomic E-state index is 6.28. The molecule has 1 aliphatic heterocycles. The third-order valence-electron chi connectivity index (χ3n) is 4.84. The van der Waals surface area contributed by atoms with Crippen LogP contribution in [0.2, 0.25) is 5.02 Å². The van der Waals surface area contributed by atoms with Crippen LogP contribution in [-0.2, 0) is 6.42 Å². The fourth-order valence-electron chi connectivity index (χ4n) is 3.34. The Morgan fingerprint density at radius 3 is 2.42 bits per heavy atom. The van der Waals surface area contributed by atoms with Crippen molar-refractivity contribution in [2.45, 2.75) is 6.42 Å². The molecule has 3 nitrogen and oxygen atoms in total. The highest BCUT2D eigenvalue weighted by molar-refractivity contribution is 7.09. The number of para-hydroxylation sites is 1. The maximum atomic E-state index is 6.28. The number of nitrogens with zero attached hydrogens (tertiary/aromatic N) is 3. The van der Waals surface area contributed by atoms with Crippen LogP contribution in [0.5, 0.6) is 0 Å². The molecule has 3 aromatic rings. The molecule has 0 unspecified atom stereocenters. The van der Waals surface area contributed by atoms with E-state index in [9.17, 15) is 0 Å². The zero-order valence-electron chi connectivity index (χ0n) is 14.6. The predicted octanol–water partition coefficient (Wildman–Crippen LogP) is 4.83. The smallest absolute Gasteiger partial charge is 0.0945 e. The molecule has 0 aliphatic carbocycles. The van der Waals surface area contributed by atoms with E-state index < -0.39 is 0 Å². The van der Waals surface area contributed by atoms with Crippen LogP contribution in [-0.4, -0.2) is 42.6 Å². The fraction of sp³-hybridized carbons (Fsp3) is 0.286. The molecule has 1 saturated heterocycles. The molecule has 1 aromatic heterocycles. The Kier molecular flexibility index (Phi) is 5.54. The summed E-state index contributed by atoms with van der Waals surface area (Å²) in [6.45, 7) is 5.47. The molecule has 1 aliphatic rings. The van der Waals surface area contributed by atoms with Crippen molar-refractivity contribution in [1.29, 1.82) is 0 Å². The predicted molar refractivity (Wildman–Crippen MR) is 111 cm³/mol.